The summed E-state index contributed by atoms with van der Waals surface area (Å²) < 4.78 is 16.2. The van der Waals surface area contributed by atoms with E-state index in [4.69, 9.17) is 13.9 Å². The van der Waals surface area contributed by atoms with Crippen molar-refractivity contribution in [3.05, 3.63) is 46.7 Å². The lowest BCUT2D eigenvalue weighted by atomic mass is 10.2. The third-order valence-electron chi connectivity index (χ3n) is 3.76. The average molecular weight is 357 g/mol. The first-order chi connectivity index (χ1) is 12.2. The van der Waals surface area contributed by atoms with Gasteiger partial charge in [-0.3, -0.25) is 4.79 Å². The molecule has 1 N–H and O–H groups in total. The van der Waals surface area contributed by atoms with Crippen LogP contribution in [-0.2, 0) is 17.8 Å². The van der Waals surface area contributed by atoms with Crippen molar-refractivity contribution in [3.63, 3.8) is 0 Å². The first-order valence-corrected chi connectivity index (χ1v) is 8.59. The van der Waals surface area contributed by atoms with Crippen molar-refractivity contribution in [3.8, 4) is 22.3 Å². The minimum Gasteiger partial charge on any atom is -0.454 e. The van der Waals surface area contributed by atoms with Gasteiger partial charge >= 0.3 is 0 Å². The lowest BCUT2D eigenvalue weighted by Crippen LogP contribution is -2.24. The van der Waals surface area contributed by atoms with Crippen LogP contribution in [0.1, 0.15) is 17.0 Å². The van der Waals surface area contributed by atoms with Crippen LogP contribution in [0, 0.1) is 6.92 Å². The summed E-state index contributed by atoms with van der Waals surface area (Å²) in [5, 5.41) is 12.8. The van der Waals surface area contributed by atoms with Gasteiger partial charge in [0.05, 0.1) is 4.88 Å². The zero-order valence-corrected chi connectivity index (χ0v) is 14.3. The molecule has 1 amide bonds. The van der Waals surface area contributed by atoms with E-state index in [1.807, 2.05) is 36.6 Å². The normalized spacial score (nSPS) is 12.4. The van der Waals surface area contributed by atoms with Crippen LogP contribution < -0.4 is 14.8 Å². The lowest BCUT2D eigenvalue weighted by molar-refractivity contribution is -0.120. The molecule has 3 heterocycles. The number of nitrogens with zero attached hydrogens (tertiary/aromatic N) is 2. The molecule has 4 rings (SSSR count). The fourth-order valence-corrected chi connectivity index (χ4v) is 3.31. The van der Waals surface area contributed by atoms with Gasteiger partial charge in [-0.25, -0.2) is 0 Å². The third kappa shape index (κ3) is 3.34. The second-order valence-corrected chi connectivity index (χ2v) is 6.49. The molecule has 0 atom stereocenters. The van der Waals surface area contributed by atoms with Gasteiger partial charge in [0.25, 0.3) is 5.89 Å². The zero-order valence-electron chi connectivity index (χ0n) is 13.4. The van der Waals surface area contributed by atoms with E-state index in [9.17, 15) is 4.79 Å². The van der Waals surface area contributed by atoms with E-state index in [2.05, 4.69) is 15.5 Å². The highest BCUT2D eigenvalue weighted by molar-refractivity contribution is 7.13. The quantitative estimate of drug-likeness (QED) is 0.755. The van der Waals surface area contributed by atoms with Gasteiger partial charge in [0.1, 0.15) is 6.42 Å². The molecule has 0 saturated carbocycles. The molecule has 0 spiro atoms. The predicted octanol–water partition coefficient (Wildman–Crippen LogP) is 2.69. The Kier molecular flexibility index (Phi) is 4.10. The number of aromatic nitrogens is 2. The fourth-order valence-electron chi connectivity index (χ4n) is 2.46. The highest BCUT2D eigenvalue weighted by Gasteiger charge is 2.16. The number of aryl methyl sites for hydroxylation is 1. The Hall–Kier alpha value is -2.87. The van der Waals surface area contributed by atoms with Gasteiger partial charge in [-0.1, -0.05) is 6.07 Å². The molecule has 1 aliphatic heterocycles. The minimum atomic E-state index is -0.184. The topological polar surface area (TPSA) is 86.5 Å². The summed E-state index contributed by atoms with van der Waals surface area (Å²) in [7, 11) is 0. The molecule has 0 unspecified atom stereocenters. The molecular weight excluding hydrogens is 342 g/mol. The summed E-state index contributed by atoms with van der Waals surface area (Å²) >= 11 is 1.53. The average Bonchev–Trinajstić information content (AvgIpc) is 3.33. The molecule has 1 aromatic carbocycles. The van der Waals surface area contributed by atoms with E-state index >= 15 is 0 Å². The molecule has 0 bridgehead atoms. The highest BCUT2D eigenvalue weighted by Crippen LogP contribution is 2.32. The molecule has 3 aromatic rings. The standard InChI is InChI=1S/C17H15N3O4S/c1-10-4-5-25-16(10)17-20-19-15(24-17)7-14(21)18-8-11-2-3-12-13(6-11)23-9-22-12/h2-6H,7-9H2,1H3,(H,18,21). The van der Waals surface area contributed by atoms with Crippen molar-refractivity contribution in [2.45, 2.75) is 19.9 Å². The predicted molar refractivity (Wildman–Crippen MR) is 90.5 cm³/mol. The SMILES string of the molecule is Cc1ccsc1-c1nnc(CC(=O)NCc2ccc3c(c2)OCO3)o1. The van der Waals surface area contributed by atoms with Crippen molar-refractivity contribution in [2.24, 2.45) is 0 Å². The van der Waals surface area contributed by atoms with E-state index in [-0.39, 0.29) is 19.1 Å². The van der Waals surface area contributed by atoms with Crippen molar-refractivity contribution >= 4 is 17.2 Å². The maximum Gasteiger partial charge on any atom is 0.258 e. The van der Waals surface area contributed by atoms with E-state index in [0.717, 1.165) is 21.8 Å². The molecule has 2 aromatic heterocycles. The first-order valence-electron chi connectivity index (χ1n) is 7.71. The number of hydrogen-bond acceptors (Lipinski definition) is 7. The zero-order chi connectivity index (χ0) is 17.2. The molecule has 0 radical (unpaired) electrons. The van der Waals surface area contributed by atoms with Gasteiger partial charge in [-0.2, -0.15) is 0 Å². The maximum atomic E-state index is 12.1. The smallest absolute Gasteiger partial charge is 0.258 e. The Balaban J connectivity index is 1.35. The van der Waals surface area contributed by atoms with Crippen LogP contribution in [0.15, 0.2) is 34.1 Å². The van der Waals surface area contributed by atoms with E-state index in [1.54, 1.807) is 0 Å². The summed E-state index contributed by atoms with van der Waals surface area (Å²) in [4.78, 5) is 13.0. The Morgan fingerprint density at radius 2 is 2.12 bits per heavy atom. The van der Waals surface area contributed by atoms with Gasteiger partial charge in [0.2, 0.25) is 18.6 Å². The van der Waals surface area contributed by atoms with E-state index in [1.165, 1.54) is 11.3 Å². The molecule has 25 heavy (non-hydrogen) atoms. The summed E-state index contributed by atoms with van der Waals surface area (Å²) in [5.41, 5.74) is 2.01. The second kappa shape index (κ2) is 6.56. The Bertz CT molecular complexity index is 918. The number of carbonyl (C=O) groups excluding carboxylic acids is 1. The Morgan fingerprint density at radius 1 is 1.24 bits per heavy atom. The number of benzene rings is 1. The fraction of sp³-hybridized carbons (Fsp3) is 0.235. The Labute approximate surface area is 147 Å². The number of ether oxygens (including phenoxy) is 2. The molecule has 0 fully saturated rings. The molecule has 8 heteroatoms. The van der Waals surface area contributed by atoms with Gasteiger partial charge in [-0.05, 0) is 41.6 Å². The molecule has 1 aliphatic rings. The van der Waals surface area contributed by atoms with Crippen LogP contribution in [0.2, 0.25) is 0 Å². The summed E-state index contributed by atoms with van der Waals surface area (Å²) in [6, 6.07) is 7.56. The number of rotatable bonds is 5. The second-order valence-electron chi connectivity index (χ2n) is 5.57. The third-order valence-corrected chi connectivity index (χ3v) is 4.77. The lowest BCUT2D eigenvalue weighted by Gasteiger charge is -2.05. The van der Waals surface area contributed by atoms with Gasteiger partial charge < -0.3 is 19.2 Å². The van der Waals surface area contributed by atoms with E-state index < -0.39 is 0 Å². The van der Waals surface area contributed by atoms with Crippen LogP contribution in [0.3, 0.4) is 0 Å². The molecule has 0 saturated heterocycles. The van der Waals surface area contributed by atoms with Crippen molar-refractivity contribution in [2.75, 3.05) is 6.79 Å². The number of nitrogens with one attached hydrogen (secondary N) is 1. The van der Waals surface area contributed by atoms with Crippen LogP contribution in [0.25, 0.3) is 10.8 Å². The number of carbonyl (C=O) groups is 1. The number of fused-ring (bicyclic) bond motifs is 1. The summed E-state index contributed by atoms with van der Waals surface area (Å²) in [6.45, 7) is 2.60. The van der Waals surface area contributed by atoms with Crippen LogP contribution in [0.5, 0.6) is 11.5 Å². The Morgan fingerprint density at radius 3 is 2.96 bits per heavy atom. The van der Waals surface area contributed by atoms with Crippen molar-refractivity contribution < 1.29 is 18.7 Å². The number of amides is 1. The minimum absolute atomic E-state index is 0.0436. The molecular formula is C17H15N3O4S. The van der Waals surface area contributed by atoms with E-state index in [0.29, 0.717) is 24.1 Å². The summed E-state index contributed by atoms with van der Waals surface area (Å²) in [5.74, 6) is 1.98. The van der Waals surface area contributed by atoms with Crippen molar-refractivity contribution in [1.82, 2.24) is 15.5 Å². The monoisotopic (exact) mass is 357 g/mol. The first kappa shape index (κ1) is 15.6. The largest absolute Gasteiger partial charge is 0.454 e. The number of thiophene rings is 1. The van der Waals surface area contributed by atoms with Crippen LogP contribution >= 0.6 is 11.3 Å². The maximum absolute atomic E-state index is 12.1. The molecule has 0 aliphatic carbocycles. The van der Waals surface area contributed by atoms with Gasteiger partial charge in [0.15, 0.2) is 11.5 Å². The van der Waals surface area contributed by atoms with Gasteiger partial charge in [0, 0.05) is 6.54 Å². The summed E-state index contributed by atoms with van der Waals surface area (Å²) in [6.07, 6.45) is 0.0436. The van der Waals surface area contributed by atoms with Crippen LogP contribution in [-0.4, -0.2) is 22.9 Å². The molecule has 128 valence electrons. The number of hydrogen-bond donors (Lipinski definition) is 1. The van der Waals surface area contributed by atoms with Crippen molar-refractivity contribution in [1.29, 1.82) is 0 Å². The molecule has 7 nitrogen and oxygen atoms in total. The highest BCUT2D eigenvalue weighted by atomic mass is 32.1. The van der Waals surface area contributed by atoms with Gasteiger partial charge in [-0.15, -0.1) is 21.5 Å². The van der Waals surface area contributed by atoms with Crippen LogP contribution in [0.4, 0.5) is 0 Å².